The van der Waals surface area contributed by atoms with E-state index in [9.17, 15) is 13.6 Å². The molecule has 1 aliphatic rings. The fourth-order valence-corrected chi connectivity index (χ4v) is 3.24. The lowest BCUT2D eigenvalue weighted by Gasteiger charge is -2.32. The topological polar surface area (TPSA) is 59.4 Å². The van der Waals surface area contributed by atoms with Gasteiger partial charge in [-0.3, -0.25) is 4.68 Å². The van der Waals surface area contributed by atoms with Crippen LogP contribution >= 0.6 is 0 Å². The summed E-state index contributed by atoms with van der Waals surface area (Å²) in [7, 11) is 1.58. The highest BCUT2D eigenvalue weighted by Gasteiger charge is 2.27. The van der Waals surface area contributed by atoms with Crippen LogP contribution in [0.1, 0.15) is 30.7 Å². The van der Waals surface area contributed by atoms with Crippen LogP contribution in [0.3, 0.4) is 0 Å². The zero-order chi connectivity index (χ0) is 19.4. The molecule has 0 saturated carbocycles. The van der Waals surface area contributed by atoms with Crippen molar-refractivity contribution in [2.45, 2.75) is 26.2 Å². The number of carbonyl (C=O) groups is 1. The van der Waals surface area contributed by atoms with Crippen molar-refractivity contribution in [1.29, 1.82) is 0 Å². The van der Waals surface area contributed by atoms with Gasteiger partial charge in [-0.2, -0.15) is 5.10 Å². The Balaban J connectivity index is 1.60. The summed E-state index contributed by atoms with van der Waals surface area (Å²) in [6.07, 6.45) is -0.928. The average molecular weight is 378 g/mol. The summed E-state index contributed by atoms with van der Waals surface area (Å²) in [6, 6.07) is 9.15. The molecule has 6 nitrogen and oxygen atoms in total. The SMILES string of the molecule is Cc1c(NC(=O)N2CCCC(COc3ccccc3)C2)c(C(F)F)nn1C. The number of nitrogens with zero attached hydrogens (tertiary/aromatic N) is 3. The van der Waals surface area contributed by atoms with E-state index in [-0.39, 0.29) is 17.6 Å². The van der Waals surface area contributed by atoms with E-state index in [2.05, 4.69) is 10.4 Å². The number of para-hydroxylation sites is 1. The van der Waals surface area contributed by atoms with Crippen LogP contribution in [0.15, 0.2) is 30.3 Å². The molecule has 1 atom stereocenters. The monoisotopic (exact) mass is 378 g/mol. The minimum atomic E-state index is -2.74. The van der Waals surface area contributed by atoms with Gasteiger partial charge in [0.15, 0.2) is 5.69 Å². The largest absolute Gasteiger partial charge is 0.493 e. The number of urea groups is 1. The van der Waals surface area contributed by atoms with Crippen LogP contribution in [-0.4, -0.2) is 40.4 Å². The highest BCUT2D eigenvalue weighted by Crippen LogP contribution is 2.29. The first-order chi connectivity index (χ1) is 13.0. The molecule has 1 aromatic carbocycles. The summed E-state index contributed by atoms with van der Waals surface area (Å²) in [6.45, 7) is 3.29. The van der Waals surface area contributed by atoms with E-state index in [1.807, 2.05) is 30.3 Å². The van der Waals surface area contributed by atoms with Crippen LogP contribution in [0.25, 0.3) is 0 Å². The number of anilines is 1. The quantitative estimate of drug-likeness (QED) is 0.856. The summed E-state index contributed by atoms with van der Waals surface area (Å²) >= 11 is 0. The minimum Gasteiger partial charge on any atom is -0.493 e. The molecule has 1 fully saturated rings. The number of carbonyl (C=O) groups excluding carboxylic acids is 1. The van der Waals surface area contributed by atoms with Crippen molar-refractivity contribution >= 4 is 11.7 Å². The zero-order valence-electron chi connectivity index (χ0n) is 15.5. The number of aryl methyl sites for hydroxylation is 1. The number of amides is 2. The van der Waals surface area contributed by atoms with Crippen molar-refractivity contribution in [2.24, 2.45) is 13.0 Å². The highest BCUT2D eigenvalue weighted by atomic mass is 19.3. The number of nitrogens with one attached hydrogen (secondary N) is 1. The van der Waals surface area contributed by atoms with Crippen LogP contribution < -0.4 is 10.1 Å². The smallest absolute Gasteiger partial charge is 0.321 e. The fourth-order valence-electron chi connectivity index (χ4n) is 3.24. The number of halogens is 2. The first kappa shape index (κ1) is 19.1. The van der Waals surface area contributed by atoms with Gasteiger partial charge in [0.05, 0.1) is 18.0 Å². The van der Waals surface area contributed by atoms with Gasteiger partial charge in [0.25, 0.3) is 6.43 Å². The second-order valence-electron chi connectivity index (χ2n) is 6.78. The molecular weight excluding hydrogens is 354 g/mol. The molecule has 8 heteroatoms. The Morgan fingerprint density at radius 3 is 2.81 bits per heavy atom. The van der Waals surface area contributed by atoms with Gasteiger partial charge in [0.2, 0.25) is 0 Å². The molecule has 3 rings (SSSR count). The predicted octanol–water partition coefficient (Wildman–Crippen LogP) is 3.99. The number of likely N-dealkylation sites (tertiary alicyclic amines) is 1. The van der Waals surface area contributed by atoms with Crippen LogP contribution in [0.4, 0.5) is 19.3 Å². The van der Waals surface area contributed by atoms with E-state index in [1.54, 1.807) is 18.9 Å². The number of ether oxygens (including phenoxy) is 1. The number of rotatable bonds is 5. The van der Waals surface area contributed by atoms with E-state index in [0.717, 1.165) is 18.6 Å². The van der Waals surface area contributed by atoms with E-state index < -0.39 is 12.1 Å². The van der Waals surface area contributed by atoms with Gasteiger partial charge < -0.3 is 15.0 Å². The maximum atomic E-state index is 13.2. The van der Waals surface area contributed by atoms with E-state index >= 15 is 0 Å². The van der Waals surface area contributed by atoms with Gasteiger partial charge in [-0.25, -0.2) is 13.6 Å². The van der Waals surface area contributed by atoms with Crippen LogP contribution in [0.2, 0.25) is 0 Å². The van der Waals surface area contributed by atoms with Crippen molar-refractivity contribution in [3.8, 4) is 5.75 Å². The van der Waals surface area contributed by atoms with Crippen LogP contribution in [-0.2, 0) is 7.05 Å². The average Bonchev–Trinajstić information content (AvgIpc) is 2.96. The Labute approximate surface area is 157 Å². The molecule has 2 aromatic rings. The van der Waals surface area contributed by atoms with Crippen molar-refractivity contribution in [2.75, 3.05) is 25.0 Å². The standard InChI is InChI=1S/C19H24F2N4O2/c1-13-16(17(18(20)21)23-24(13)2)22-19(26)25-10-6-7-14(11-25)12-27-15-8-4-3-5-9-15/h3-5,8-9,14,18H,6-7,10-12H2,1-2H3,(H,22,26). The van der Waals surface area contributed by atoms with Gasteiger partial charge in [0, 0.05) is 26.1 Å². The number of piperidine rings is 1. The molecule has 0 radical (unpaired) electrons. The lowest BCUT2D eigenvalue weighted by atomic mass is 9.99. The summed E-state index contributed by atoms with van der Waals surface area (Å²) in [5.41, 5.74) is 0.198. The molecule has 27 heavy (non-hydrogen) atoms. The van der Waals surface area contributed by atoms with Crippen molar-refractivity contribution < 1.29 is 18.3 Å². The Hall–Kier alpha value is -2.64. The summed E-state index contributed by atoms with van der Waals surface area (Å²) in [4.78, 5) is 14.3. The van der Waals surface area contributed by atoms with Crippen LogP contribution in [0, 0.1) is 12.8 Å². The molecule has 1 aromatic heterocycles. The maximum absolute atomic E-state index is 13.2. The molecule has 2 heterocycles. The number of hydrogen-bond donors (Lipinski definition) is 1. The third-order valence-electron chi connectivity index (χ3n) is 4.83. The molecular formula is C19H24F2N4O2. The zero-order valence-corrected chi connectivity index (χ0v) is 15.5. The third-order valence-corrected chi connectivity index (χ3v) is 4.83. The van der Waals surface area contributed by atoms with Crippen LogP contribution in [0.5, 0.6) is 5.75 Å². The Kier molecular flexibility index (Phi) is 5.93. The molecule has 1 unspecified atom stereocenters. The Morgan fingerprint density at radius 1 is 1.37 bits per heavy atom. The first-order valence-corrected chi connectivity index (χ1v) is 9.01. The van der Waals surface area contributed by atoms with Gasteiger partial charge in [-0.05, 0) is 31.9 Å². The van der Waals surface area contributed by atoms with Crippen molar-refractivity contribution in [1.82, 2.24) is 14.7 Å². The molecule has 2 amide bonds. The maximum Gasteiger partial charge on any atom is 0.321 e. The van der Waals surface area contributed by atoms with Gasteiger partial charge in [-0.1, -0.05) is 18.2 Å². The molecule has 1 aliphatic heterocycles. The lowest BCUT2D eigenvalue weighted by molar-refractivity contribution is 0.143. The number of aromatic nitrogens is 2. The normalized spacial score (nSPS) is 17.2. The van der Waals surface area contributed by atoms with Gasteiger partial charge in [0.1, 0.15) is 5.75 Å². The number of benzene rings is 1. The van der Waals surface area contributed by atoms with Gasteiger partial charge in [-0.15, -0.1) is 0 Å². The van der Waals surface area contributed by atoms with E-state index in [1.165, 1.54) is 4.68 Å². The molecule has 0 aliphatic carbocycles. The molecule has 1 N–H and O–H groups in total. The minimum absolute atomic E-state index is 0.0974. The Bertz CT molecular complexity index is 780. The molecule has 0 bridgehead atoms. The summed E-state index contributed by atoms with van der Waals surface area (Å²) < 4.78 is 33.5. The summed E-state index contributed by atoms with van der Waals surface area (Å²) in [5.74, 6) is 1.00. The molecule has 1 saturated heterocycles. The van der Waals surface area contributed by atoms with E-state index in [0.29, 0.717) is 25.4 Å². The number of alkyl halides is 2. The highest BCUT2D eigenvalue weighted by molar-refractivity contribution is 5.90. The summed E-state index contributed by atoms with van der Waals surface area (Å²) in [5, 5.41) is 6.43. The van der Waals surface area contributed by atoms with Crippen molar-refractivity contribution in [3.05, 3.63) is 41.7 Å². The second-order valence-corrected chi connectivity index (χ2v) is 6.78. The number of hydrogen-bond acceptors (Lipinski definition) is 3. The third kappa shape index (κ3) is 4.56. The lowest BCUT2D eigenvalue weighted by Crippen LogP contribution is -2.43. The first-order valence-electron chi connectivity index (χ1n) is 9.01. The van der Waals surface area contributed by atoms with Crippen molar-refractivity contribution in [3.63, 3.8) is 0 Å². The molecule has 146 valence electrons. The predicted molar refractivity (Wildman–Crippen MR) is 98.2 cm³/mol. The second kappa shape index (κ2) is 8.37. The molecule has 0 spiro atoms. The fraction of sp³-hybridized carbons (Fsp3) is 0.474. The van der Waals surface area contributed by atoms with Gasteiger partial charge >= 0.3 is 6.03 Å². The Morgan fingerprint density at radius 2 is 2.11 bits per heavy atom. The van der Waals surface area contributed by atoms with E-state index in [4.69, 9.17) is 4.74 Å².